The number of benzene rings is 1. The lowest BCUT2D eigenvalue weighted by molar-refractivity contribution is -0.140. The minimum atomic E-state index is -0.257. The van der Waals surface area contributed by atoms with Crippen LogP contribution in [-0.2, 0) is 27.4 Å². The summed E-state index contributed by atoms with van der Waals surface area (Å²) >= 11 is 0. The summed E-state index contributed by atoms with van der Waals surface area (Å²) in [5, 5.41) is 3.35. The van der Waals surface area contributed by atoms with Crippen molar-refractivity contribution in [2.45, 2.75) is 26.0 Å². The molecule has 0 aliphatic carbocycles. The Labute approximate surface area is 171 Å². The van der Waals surface area contributed by atoms with Crippen molar-refractivity contribution >= 4 is 11.9 Å². The van der Waals surface area contributed by atoms with E-state index >= 15 is 0 Å². The van der Waals surface area contributed by atoms with Gasteiger partial charge in [-0.2, -0.15) is 0 Å². The van der Waals surface area contributed by atoms with E-state index in [0.29, 0.717) is 38.4 Å². The maximum absolute atomic E-state index is 13.8. The lowest BCUT2D eigenvalue weighted by Crippen LogP contribution is -2.49. The summed E-state index contributed by atoms with van der Waals surface area (Å²) in [4.78, 5) is 21.2. The Bertz CT molecular complexity index is 714. The number of nitrogens with zero attached hydrogens (tertiary/aromatic N) is 3. The smallest absolute Gasteiger partial charge is 0.225 e. The summed E-state index contributed by atoms with van der Waals surface area (Å²) < 4.78 is 24.2. The Kier molecular flexibility index (Phi) is 7.83. The molecule has 1 amide bonds. The predicted molar refractivity (Wildman–Crippen MR) is 109 cm³/mol. The standard InChI is InChI=1S/C21H31FN4O3/c1-23-21(24-14-16-3-4-19(22)18(13-16)15-28-2)26-7-5-17(6-8-26)20(27)25-9-11-29-12-10-25/h3-4,13,17H,5-12,14-15H2,1-2H3,(H,23,24). The first-order valence-electron chi connectivity index (χ1n) is 10.2. The molecule has 0 aromatic heterocycles. The first-order valence-corrected chi connectivity index (χ1v) is 10.2. The summed E-state index contributed by atoms with van der Waals surface area (Å²) in [6.07, 6.45) is 1.65. The SMILES string of the molecule is CN=C(NCc1ccc(F)c(COC)c1)N1CCC(C(=O)N2CCOCC2)CC1. The van der Waals surface area contributed by atoms with Gasteiger partial charge in [0.05, 0.1) is 19.8 Å². The number of guanidine groups is 1. The van der Waals surface area contributed by atoms with E-state index in [-0.39, 0.29) is 24.2 Å². The monoisotopic (exact) mass is 406 g/mol. The molecule has 2 aliphatic rings. The van der Waals surface area contributed by atoms with Crippen molar-refractivity contribution in [3.05, 3.63) is 35.1 Å². The van der Waals surface area contributed by atoms with E-state index < -0.39 is 0 Å². The fourth-order valence-electron chi connectivity index (χ4n) is 3.90. The van der Waals surface area contributed by atoms with E-state index in [1.54, 1.807) is 20.2 Å². The molecule has 160 valence electrons. The molecule has 0 bridgehead atoms. The lowest BCUT2D eigenvalue weighted by atomic mass is 9.95. The number of nitrogens with one attached hydrogen (secondary N) is 1. The zero-order chi connectivity index (χ0) is 20.6. The normalized spacial score (nSPS) is 18.8. The third-order valence-electron chi connectivity index (χ3n) is 5.54. The number of rotatable bonds is 5. The van der Waals surface area contributed by atoms with Gasteiger partial charge in [-0.25, -0.2) is 4.39 Å². The van der Waals surface area contributed by atoms with Crippen molar-refractivity contribution in [2.24, 2.45) is 10.9 Å². The van der Waals surface area contributed by atoms with Crippen LogP contribution in [0.4, 0.5) is 4.39 Å². The van der Waals surface area contributed by atoms with Gasteiger partial charge in [0.25, 0.3) is 0 Å². The van der Waals surface area contributed by atoms with Crippen molar-refractivity contribution in [3.63, 3.8) is 0 Å². The molecule has 8 heteroatoms. The number of carbonyl (C=O) groups excluding carboxylic acids is 1. The number of amides is 1. The molecule has 2 fully saturated rings. The Morgan fingerprint density at radius 3 is 2.62 bits per heavy atom. The number of hydrogen-bond acceptors (Lipinski definition) is 4. The number of piperidine rings is 1. The van der Waals surface area contributed by atoms with Gasteiger partial charge in [0.15, 0.2) is 5.96 Å². The second-order valence-electron chi connectivity index (χ2n) is 7.46. The fourth-order valence-corrected chi connectivity index (χ4v) is 3.90. The van der Waals surface area contributed by atoms with Crippen LogP contribution in [0.1, 0.15) is 24.0 Å². The minimum Gasteiger partial charge on any atom is -0.380 e. The molecule has 2 saturated heterocycles. The maximum Gasteiger partial charge on any atom is 0.225 e. The van der Waals surface area contributed by atoms with E-state index in [0.717, 1.165) is 37.5 Å². The molecule has 1 aromatic rings. The Morgan fingerprint density at radius 2 is 1.97 bits per heavy atom. The Balaban J connectivity index is 1.50. The average molecular weight is 407 g/mol. The van der Waals surface area contributed by atoms with Crippen LogP contribution in [0.2, 0.25) is 0 Å². The van der Waals surface area contributed by atoms with E-state index in [1.165, 1.54) is 6.07 Å². The van der Waals surface area contributed by atoms with Gasteiger partial charge in [0, 0.05) is 58.4 Å². The summed E-state index contributed by atoms with van der Waals surface area (Å²) in [6.45, 7) is 5.05. The summed E-state index contributed by atoms with van der Waals surface area (Å²) in [5.41, 5.74) is 1.52. The van der Waals surface area contributed by atoms with E-state index in [9.17, 15) is 9.18 Å². The molecule has 3 rings (SSSR count). The number of ether oxygens (including phenoxy) is 2. The number of aliphatic imine (C=N–C) groups is 1. The number of likely N-dealkylation sites (tertiary alicyclic amines) is 1. The maximum atomic E-state index is 13.8. The number of methoxy groups -OCH3 is 1. The van der Waals surface area contributed by atoms with Crippen molar-refractivity contribution in [3.8, 4) is 0 Å². The molecule has 0 unspecified atom stereocenters. The van der Waals surface area contributed by atoms with Gasteiger partial charge in [-0.05, 0) is 30.5 Å². The van der Waals surface area contributed by atoms with Gasteiger partial charge < -0.3 is 24.6 Å². The zero-order valence-corrected chi connectivity index (χ0v) is 17.3. The highest BCUT2D eigenvalue weighted by molar-refractivity contribution is 5.81. The van der Waals surface area contributed by atoms with Crippen LogP contribution in [0.5, 0.6) is 0 Å². The number of hydrogen-bond donors (Lipinski definition) is 1. The first-order chi connectivity index (χ1) is 14.1. The quantitative estimate of drug-likeness (QED) is 0.595. The van der Waals surface area contributed by atoms with Gasteiger partial charge in [0.2, 0.25) is 5.91 Å². The van der Waals surface area contributed by atoms with Crippen molar-refractivity contribution in [1.82, 2.24) is 15.1 Å². The van der Waals surface area contributed by atoms with Crippen LogP contribution >= 0.6 is 0 Å². The highest BCUT2D eigenvalue weighted by Gasteiger charge is 2.30. The van der Waals surface area contributed by atoms with Crippen LogP contribution < -0.4 is 5.32 Å². The molecular formula is C21H31FN4O3. The third kappa shape index (κ3) is 5.67. The molecule has 2 heterocycles. The fraction of sp³-hybridized carbons (Fsp3) is 0.619. The van der Waals surface area contributed by atoms with Gasteiger partial charge in [-0.15, -0.1) is 0 Å². The highest BCUT2D eigenvalue weighted by atomic mass is 19.1. The van der Waals surface area contributed by atoms with Crippen molar-refractivity contribution < 1.29 is 18.7 Å². The second kappa shape index (κ2) is 10.5. The molecule has 1 aromatic carbocycles. The Hall–Kier alpha value is -2.19. The molecule has 1 N–H and O–H groups in total. The third-order valence-corrected chi connectivity index (χ3v) is 5.54. The zero-order valence-electron chi connectivity index (χ0n) is 17.3. The number of carbonyl (C=O) groups is 1. The summed E-state index contributed by atoms with van der Waals surface area (Å²) in [5.74, 6) is 0.885. The number of morpholine rings is 1. The molecule has 0 atom stereocenters. The van der Waals surface area contributed by atoms with Crippen molar-refractivity contribution in [1.29, 1.82) is 0 Å². The predicted octanol–water partition coefficient (Wildman–Crippen LogP) is 1.62. The molecule has 29 heavy (non-hydrogen) atoms. The molecule has 0 spiro atoms. The van der Waals surface area contributed by atoms with Gasteiger partial charge >= 0.3 is 0 Å². The largest absolute Gasteiger partial charge is 0.380 e. The van der Waals surface area contributed by atoms with Gasteiger partial charge in [-0.3, -0.25) is 9.79 Å². The van der Waals surface area contributed by atoms with Crippen LogP contribution in [0, 0.1) is 11.7 Å². The average Bonchev–Trinajstić information content (AvgIpc) is 2.77. The van der Waals surface area contributed by atoms with Crippen LogP contribution in [0.25, 0.3) is 0 Å². The molecule has 0 saturated carbocycles. The summed E-state index contributed by atoms with van der Waals surface area (Å²) in [7, 11) is 3.31. The second-order valence-corrected chi connectivity index (χ2v) is 7.46. The molecule has 2 aliphatic heterocycles. The van der Waals surface area contributed by atoms with Crippen molar-refractivity contribution in [2.75, 3.05) is 53.6 Å². The van der Waals surface area contributed by atoms with Crippen LogP contribution in [-0.4, -0.2) is 75.2 Å². The molecular weight excluding hydrogens is 375 g/mol. The Morgan fingerprint density at radius 1 is 1.24 bits per heavy atom. The lowest BCUT2D eigenvalue weighted by Gasteiger charge is -2.36. The minimum absolute atomic E-state index is 0.0798. The molecule has 0 radical (unpaired) electrons. The van der Waals surface area contributed by atoms with Crippen LogP contribution in [0.3, 0.4) is 0 Å². The molecule has 7 nitrogen and oxygen atoms in total. The van der Waals surface area contributed by atoms with E-state index in [4.69, 9.17) is 9.47 Å². The first kappa shape index (κ1) is 21.5. The number of halogens is 1. The van der Waals surface area contributed by atoms with Crippen LogP contribution in [0.15, 0.2) is 23.2 Å². The van der Waals surface area contributed by atoms with E-state index in [2.05, 4.69) is 15.2 Å². The highest BCUT2D eigenvalue weighted by Crippen LogP contribution is 2.20. The summed E-state index contributed by atoms with van der Waals surface area (Å²) in [6, 6.07) is 5.05. The van der Waals surface area contributed by atoms with Gasteiger partial charge in [-0.1, -0.05) is 6.07 Å². The van der Waals surface area contributed by atoms with E-state index in [1.807, 2.05) is 11.0 Å². The van der Waals surface area contributed by atoms with Gasteiger partial charge in [0.1, 0.15) is 5.82 Å². The topological polar surface area (TPSA) is 66.4 Å².